The highest BCUT2D eigenvalue weighted by Gasteiger charge is 2.41. The summed E-state index contributed by atoms with van der Waals surface area (Å²) in [5, 5.41) is 18.9. The van der Waals surface area contributed by atoms with Gasteiger partial charge in [0, 0.05) is 25.2 Å². The fourth-order valence-corrected chi connectivity index (χ4v) is 2.54. The minimum atomic E-state index is -1.11. The van der Waals surface area contributed by atoms with E-state index in [1.807, 2.05) is 13.8 Å². The van der Waals surface area contributed by atoms with Crippen LogP contribution in [0.25, 0.3) is 0 Å². The molecular formula is C14H18FN5O. The van der Waals surface area contributed by atoms with Gasteiger partial charge in [0.25, 0.3) is 0 Å². The number of aromatic nitrogens is 4. The van der Waals surface area contributed by atoms with Crippen molar-refractivity contribution in [3.63, 3.8) is 0 Å². The third-order valence-electron chi connectivity index (χ3n) is 3.80. The molecule has 6 nitrogen and oxygen atoms in total. The summed E-state index contributed by atoms with van der Waals surface area (Å²) >= 11 is 0. The average molecular weight is 291 g/mol. The van der Waals surface area contributed by atoms with Gasteiger partial charge in [-0.05, 0) is 26.0 Å². The lowest BCUT2D eigenvalue weighted by Gasteiger charge is -2.21. The van der Waals surface area contributed by atoms with E-state index in [9.17, 15) is 9.50 Å². The summed E-state index contributed by atoms with van der Waals surface area (Å²) in [6.45, 7) is 4.77. The lowest BCUT2D eigenvalue weighted by molar-refractivity contribution is 0.0558. The van der Waals surface area contributed by atoms with Gasteiger partial charge in [0.2, 0.25) is 0 Å². The van der Waals surface area contributed by atoms with E-state index < -0.39 is 5.60 Å². The first-order valence-corrected chi connectivity index (χ1v) is 7.00. The third kappa shape index (κ3) is 2.49. The van der Waals surface area contributed by atoms with Crippen LogP contribution >= 0.6 is 0 Å². The summed E-state index contributed by atoms with van der Waals surface area (Å²) < 4.78 is 15.5. The lowest BCUT2D eigenvalue weighted by Crippen LogP contribution is -2.32. The molecule has 0 amide bonds. The van der Waals surface area contributed by atoms with E-state index >= 15 is 0 Å². The number of rotatable bonds is 3. The average Bonchev–Trinajstić information content (AvgIpc) is 3.07. The maximum atomic E-state index is 13.8. The fourth-order valence-electron chi connectivity index (χ4n) is 2.54. The lowest BCUT2D eigenvalue weighted by atomic mass is 10.00. The van der Waals surface area contributed by atoms with Crippen molar-refractivity contribution in [1.82, 2.24) is 20.0 Å². The van der Waals surface area contributed by atoms with Crippen LogP contribution in [0, 0.1) is 5.82 Å². The molecule has 0 radical (unpaired) electrons. The Kier molecular flexibility index (Phi) is 3.36. The highest BCUT2D eigenvalue weighted by molar-refractivity contribution is 5.42. The molecule has 1 aliphatic rings. The minimum Gasteiger partial charge on any atom is -0.381 e. The molecule has 2 aromatic rings. The summed E-state index contributed by atoms with van der Waals surface area (Å²) in [5.41, 5.74) is -0.591. The Labute approximate surface area is 122 Å². The third-order valence-corrected chi connectivity index (χ3v) is 3.80. The van der Waals surface area contributed by atoms with Crippen molar-refractivity contribution in [3.05, 3.63) is 36.0 Å². The monoisotopic (exact) mass is 291 g/mol. The van der Waals surface area contributed by atoms with Crippen LogP contribution in [-0.4, -0.2) is 38.2 Å². The number of aliphatic hydroxyl groups is 1. The van der Waals surface area contributed by atoms with Crippen molar-refractivity contribution in [2.24, 2.45) is 0 Å². The van der Waals surface area contributed by atoms with Crippen molar-refractivity contribution < 1.29 is 9.50 Å². The van der Waals surface area contributed by atoms with Gasteiger partial charge in [-0.25, -0.2) is 14.1 Å². The number of hydrogen-bond acceptors (Lipinski definition) is 5. The SMILES string of the molecule is CC(C)n1cc([C@@]2(O)CCN(c3ncccc3F)C2)nn1. The standard InChI is InChI=1S/C14H18FN5O/c1-10(2)20-8-12(17-18-20)14(21)5-7-19(9-14)13-11(15)4-3-6-16-13/h3-4,6,8,10,21H,5,7,9H2,1-2H3/t14-/m1/s1. The molecule has 21 heavy (non-hydrogen) atoms. The van der Waals surface area contributed by atoms with Crippen LogP contribution in [0.15, 0.2) is 24.5 Å². The van der Waals surface area contributed by atoms with Crippen LogP contribution in [0.5, 0.6) is 0 Å². The van der Waals surface area contributed by atoms with E-state index in [1.54, 1.807) is 28.0 Å². The van der Waals surface area contributed by atoms with Crippen molar-refractivity contribution in [2.45, 2.75) is 31.9 Å². The van der Waals surface area contributed by atoms with Gasteiger partial charge in [0.05, 0.1) is 12.7 Å². The molecule has 1 fully saturated rings. The zero-order valence-electron chi connectivity index (χ0n) is 12.1. The fraction of sp³-hybridized carbons (Fsp3) is 0.500. The summed E-state index contributed by atoms with van der Waals surface area (Å²) in [6.07, 6.45) is 3.77. The number of pyridine rings is 1. The second kappa shape index (κ2) is 5.07. The number of anilines is 1. The summed E-state index contributed by atoms with van der Waals surface area (Å²) in [6, 6.07) is 3.10. The van der Waals surface area contributed by atoms with Crippen LogP contribution in [-0.2, 0) is 5.60 Å². The molecule has 0 bridgehead atoms. The van der Waals surface area contributed by atoms with Crippen molar-refractivity contribution in [2.75, 3.05) is 18.0 Å². The van der Waals surface area contributed by atoms with E-state index in [2.05, 4.69) is 15.3 Å². The largest absolute Gasteiger partial charge is 0.381 e. The molecule has 2 aromatic heterocycles. The van der Waals surface area contributed by atoms with E-state index in [4.69, 9.17) is 0 Å². The molecule has 0 aromatic carbocycles. The zero-order valence-corrected chi connectivity index (χ0v) is 12.1. The quantitative estimate of drug-likeness (QED) is 0.928. The summed E-state index contributed by atoms with van der Waals surface area (Å²) in [7, 11) is 0. The number of β-amino-alcohol motifs (C(OH)–C–C–N with tert-alkyl or cyclic N) is 1. The second-order valence-electron chi connectivity index (χ2n) is 5.69. The van der Waals surface area contributed by atoms with E-state index in [0.717, 1.165) is 0 Å². The van der Waals surface area contributed by atoms with Crippen LogP contribution in [0.2, 0.25) is 0 Å². The normalized spacial score (nSPS) is 22.2. The number of nitrogens with zero attached hydrogens (tertiary/aromatic N) is 5. The molecule has 112 valence electrons. The van der Waals surface area contributed by atoms with E-state index in [1.165, 1.54) is 6.07 Å². The Morgan fingerprint density at radius 1 is 1.43 bits per heavy atom. The molecule has 3 rings (SSSR count). The maximum absolute atomic E-state index is 13.8. The maximum Gasteiger partial charge on any atom is 0.165 e. The summed E-state index contributed by atoms with van der Waals surface area (Å²) in [4.78, 5) is 5.79. The Balaban J connectivity index is 1.83. The predicted octanol–water partition coefficient (Wildman–Crippen LogP) is 1.49. The Morgan fingerprint density at radius 2 is 2.24 bits per heavy atom. The molecule has 7 heteroatoms. The first-order chi connectivity index (χ1) is 9.99. The zero-order chi connectivity index (χ0) is 15.0. The molecule has 0 spiro atoms. The van der Waals surface area contributed by atoms with Gasteiger partial charge in [0.1, 0.15) is 11.3 Å². The molecule has 0 saturated carbocycles. The predicted molar refractivity (Wildman–Crippen MR) is 75.3 cm³/mol. The van der Waals surface area contributed by atoms with Gasteiger partial charge in [-0.3, -0.25) is 0 Å². The molecular weight excluding hydrogens is 273 g/mol. The molecule has 3 heterocycles. The Bertz CT molecular complexity index is 644. The van der Waals surface area contributed by atoms with Crippen LogP contribution < -0.4 is 4.90 Å². The second-order valence-corrected chi connectivity index (χ2v) is 5.69. The van der Waals surface area contributed by atoms with Gasteiger partial charge >= 0.3 is 0 Å². The van der Waals surface area contributed by atoms with E-state index in [0.29, 0.717) is 18.7 Å². The van der Waals surface area contributed by atoms with Gasteiger partial charge in [-0.2, -0.15) is 0 Å². The molecule has 1 N–H and O–H groups in total. The van der Waals surface area contributed by atoms with Gasteiger partial charge in [0.15, 0.2) is 11.6 Å². The van der Waals surface area contributed by atoms with E-state index in [-0.39, 0.29) is 24.2 Å². The van der Waals surface area contributed by atoms with Crippen molar-refractivity contribution >= 4 is 5.82 Å². The number of halogens is 1. The molecule has 0 unspecified atom stereocenters. The van der Waals surface area contributed by atoms with Gasteiger partial charge < -0.3 is 10.0 Å². The summed E-state index contributed by atoms with van der Waals surface area (Å²) in [5.74, 6) is -0.114. The molecule has 1 aliphatic heterocycles. The van der Waals surface area contributed by atoms with Crippen LogP contribution in [0.1, 0.15) is 32.0 Å². The molecule has 1 atom stereocenters. The highest BCUT2D eigenvalue weighted by Crippen LogP contribution is 2.33. The minimum absolute atomic E-state index is 0.181. The topological polar surface area (TPSA) is 67.1 Å². The van der Waals surface area contributed by atoms with Crippen molar-refractivity contribution in [1.29, 1.82) is 0 Å². The van der Waals surface area contributed by atoms with Crippen molar-refractivity contribution in [3.8, 4) is 0 Å². The first-order valence-electron chi connectivity index (χ1n) is 7.00. The highest BCUT2D eigenvalue weighted by atomic mass is 19.1. The number of hydrogen-bond donors (Lipinski definition) is 1. The first kappa shape index (κ1) is 13.9. The molecule has 1 saturated heterocycles. The van der Waals surface area contributed by atoms with Gasteiger partial charge in [-0.1, -0.05) is 5.21 Å². The Morgan fingerprint density at radius 3 is 2.90 bits per heavy atom. The van der Waals surface area contributed by atoms with Gasteiger partial charge in [-0.15, -0.1) is 5.10 Å². The van der Waals surface area contributed by atoms with Crippen LogP contribution in [0.3, 0.4) is 0 Å². The smallest absolute Gasteiger partial charge is 0.165 e. The van der Waals surface area contributed by atoms with Crippen LogP contribution in [0.4, 0.5) is 10.2 Å². The Hall–Kier alpha value is -2.02. The molecule has 0 aliphatic carbocycles.